The minimum absolute atomic E-state index is 0.0515. The van der Waals surface area contributed by atoms with Gasteiger partial charge in [-0.1, -0.05) is 17.7 Å². The monoisotopic (exact) mass is 327 g/mol. The normalized spacial score (nSPS) is 11.5. The topological polar surface area (TPSA) is 52.3 Å². The van der Waals surface area contributed by atoms with E-state index >= 15 is 0 Å². The van der Waals surface area contributed by atoms with Gasteiger partial charge in [-0.05, 0) is 44.5 Å². The quantitative estimate of drug-likeness (QED) is 0.810. The summed E-state index contributed by atoms with van der Waals surface area (Å²) in [6.07, 6.45) is 0. The van der Waals surface area contributed by atoms with Crippen LogP contribution < -0.4 is 5.73 Å². The fraction of sp³-hybridized carbons (Fsp3) is 0.267. The highest BCUT2D eigenvalue weighted by Gasteiger charge is 2.22. The molecular weight excluding hydrogens is 313 g/mol. The van der Waals surface area contributed by atoms with E-state index in [1.807, 2.05) is 0 Å². The molecule has 2 aromatic rings. The Morgan fingerprint density at radius 2 is 2.00 bits per heavy atom. The van der Waals surface area contributed by atoms with Crippen LogP contribution in [-0.2, 0) is 4.74 Å². The van der Waals surface area contributed by atoms with E-state index in [0.717, 1.165) is 0 Å². The Bertz CT molecular complexity index is 691. The van der Waals surface area contributed by atoms with E-state index in [0.29, 0.717) is 21.0 Å². The highest BCUT2D eigenvalue weighted by Crippen LogP contribution is 2.35. The molecule has 0 aliphatic rings. The lowest BCUT2D eigenvalue weighted by molar-refractivity contribution is 0.00764. The molecule has 112 valence electrons. The van der Waals surface area contributed by atoms with Crippen LogP contribution in [0.3, 0.4) is 0 Å². The fourth-order valence-electron chi connectivity index (χ4n) is 1.68. The minimum Gasteiger partial charge on any atom is -0.456 e. The molecule has 0 fully saturated rings. The molecular formula is C15H15ClFNO2S. The van der Waals surface area contributed by atoms with Crippen LogP contribution in [0, 0.1) is 5.82 Å². The van der Waals surface area contributed by atoms with Gasteiger partial charge >= 0.3 is 5.97 Å². The molecule has 0 saturated carbocycles. The molecule has 0 atom stereocenters. The third-order valence-electron chi connectivity index (χ3n) is 2.55. The summed E-state index contributed by atoms with van der Waals surface area (Å²) in [6.45, 7) is 5.35. The highest BCUT2D eigenvalue weighted by molar-refractivity contribution is 7.18. The number of hydrogen-bond donors (Lipinski definition) is 1. The number of carbonyl (C=O) groups excluding carboxylic acids is 1. The van der Waals surface area contributed by atoms with Gasteiger partial charge in [0.05, 0.1) is 10.7 Å². The van der Waals surface area contributed by atoms with Crippen molar-refractivity contribution in [1.82, 2.24) is 0 Å². The average molecular weight is 328 g/mol. The first-order chi connectivity index (χ1) is 9.67. The number of anilines is 1. The molecule has 2 rings (SSSR count). The largest absolute Gasteiger partial charge is 0.456 e. The van der Waals surface area contributed by atoms with Crippen molar-refractivity contribution < 1.29 is 13.9 Å². The second kappa shape index (κ2) is 5.66. The van der Waals surface area contributed by atoms with Crippen LogP contribution in [0.5, 0.6) is 0 Å². The van der Waals surface area contributed by atoms with Crippen molar-refractivity contribution in [3.05, 3.63) is 40.0 Å². The van der Waals surface area contributed by atoms with Crippen molar-refractivity contribution >= 4 is 34.6 Å². The van der Waals surface area contributed by atoms with Crippen LogP contribution in [0.2, 0.25) is 5.02 Å². The highest BCUT2D eigenvalue weighted by atomic mass is 35.5. The number of hydrogen-bond acceptors (Lipinski definition) is 4. The third-order valence-corrected chi connectivity index (χ3v) is 4.04. The first-order valence-electron chi connectivity index (χ1n) is 6.25. The van der Waals surface area contributed by atoms with Crippen LogP contribution in [0.1, 0.15) is 30.4 Å². The number of ether oxygens (including phenoxy) is 1. The van der Waals surface area contributed by atoms with Gasteiger partial charge < -0.3 is 10.5 Å². The summed E-state index contributed by atoms with van der Waals surface area (Å²) in [6, 6.07) is 6.09. The van der Waals surface area contributed by atoms with E-state index in [2.05, 4.69) is 0 Å². The first kappa shape index (κ1) is 15.8. The van der Waals surface area contributed by atoms with Crippen LogP contribution in [0.4, 0.5) is 10.1 Å². The number of nitrogen functional groups attached to an aromatic ring is 1. The SMILES string of the molecule is CC(C)(C)OC(=O)c1sc(-c2ccc(Cl)c(F)c2)cc1N. The molecule has 0 saturated heterocycles. The number of benzene rings is 1. The van der Waals surface area contributed by atoms with Gasteiger partial charge in [0.2, 0.25) is 0 Å². The zero-order valence-electron chi connectivity index (χ0n) is 11.9. The first-order valence-corrected chi connectivity index (χ1v) is 7.45. The molecule has 6 heteroatoms. The van der Waals surface area contributed by atoms with E-state index in [1.54, 1.807) is 32.9 Å². The summed E-state index contributed by atoms with van der Waals surface area (Å²) in [5, 5.41) is 0.0515. The maximum atomic E-state index is 13.5. The van der Waals surface area contributed by atoms with E-state index in [1.165, 1.54) is 23.5 Å². The van der Waals surface area contributed by atoms with Gasteiger partial charge in [-0.15, -0.1) is 11.3 Å². The van der Waals surface area contributed by atoms with Gasteiger partial charge in [0.25, 0.3) is 0 Å². The number of carbonyl (C=O) groups is 1. The van der Waals surface area contributed by atoms with Crippen LogP contribution in [0.25, 0.3) is 10.4 Å². The summed E-state index contributed by atoms with van der Waals surface area (Å²) in [5.74, 6) is -0.995. The number of halogens is 2. The van der Waals surface area contributed by atoms with Crippen LogP contribution >= 0.6 is 22.9 Å². The number of rotatable bonds is 2. The fourth-order valence-corrected chi connectivity index (χ4v) is 2.75. The van der Waals surface area contributed by atoms with Gasteiger partial charge in [0.15, 0.2) is 0 Å². The Labute approximate surface area is 131 Å². The lowest BCUT2D eigenvalue weighted by atomic mass is 10.2. The predicted molar refractivity (Wildman–Crippen MR) is 84.3 cm³/mol. The smallest absolute Gasteiger partial charge is 0.350 e. The molecule has 0 bridgehead atoms. The van der Waals surface area contributed by atoms with Gasteiger partial charge in [0, 0.05) is 4.88 Å². The molecule has 21 heavy (non-hydrogen) atoms. The molecule has 0 unspecified atom stereocenters. The van der Waals surface area contributed by atoms with Gasteiger partial charge in [-0.2, -0.15) is 0 Å². The summed E-state index contributed by atoms with van der Waals surface area (Å²) in [5.41, 5.74) is 6.19. The second-order valence-electron chi connectivity index (χ2n) is 5.53. The average Bonchev–Trinajstić information content (AvgIpc) is 2.73. The van der Waals surface area contributed by atoms with Crippen molar-refractivity contribution in [2.24, 2.45) is 0 Å². The molecule has 0 aliphatic heterocycles. The van der Waals surface area contributed by atoms with Gasteiger partial charge in [-0.25, -0.2) is 9.18 Å². The summed E-state index contributed by atoms with van der Waals surface area (Å²) in [4.78, 5) is 13.1. The summed E-state index contributed by atoms with van der Waals surface area (Å²) >= 11 is 6.82. The second-order valence-corrected chi connectivity index (χ2v) is 6.99. The maximum absolute atomic E-state index is 13.5. The van der Waals surface area contributed by atoms with E-state index < -0.39 is 17.4 Å². The number of nitrogens with two attached hydrogens (primary N) is 1. The Morgan fingerprint density at radius 3 is 2.57 bits per heavy atom. The molecule has 0 radical (unpaired) electrons. The number of thiophene rings is 1. The van der Waals surface area contributed by atoms with Crippen LogP contribution in [-0.4, -0.2) is 11.6 Å². The zero-order valence-corrected chi connectivity index (χ0v) is 13.4. The Balaban J connectivity index is 2.34. The van der Waals surface area contributed by atoms with Crippen molar-refractivity contribution in [2.45, 2.75) is 26.4 Å². The zero-order chi connectivity index (χ0) is 15.8. The molecule has 2 N–H and O–H groups in total. The third kappa shape index (κ3) is 3.74. The lowest BCUT2D eigenvalue weighted by Gasteiger charge is -2.18. The Kier molecular flexibility index (Phi) is 4.25. The molecule has 0 aliphatic carbocycles. The standard InChI is InChI=1S/C15H15ClFNO2S/c1-15(2,3)20-14(19)13-11(18)7-12(21-13)8-4-5-9(16)10(17)6-8/h4-7H,18H2,1-3H3. The molecule has 3 nitrogen and oxygen atoms in total. The van der Waals surface area contributed by atoms with Crippen molar-refractivity contribution in [1.29, 1.82) is 0 Å². The molecule has 0 spiro atoms. The lowest BCUT2D eigenvalue weighted by Crippen LogP contribution is -2.23. The summed E-state index contributed by atoms with van der Waals surface area (Å²) < 4.78 is 18.8. The molecule has 0 amide bonds. The maximum Gasteiger partial charge on any atom is 0.350 e. The van der Waals surface area contributed by atoms with E-state index in [9.17, 15) is 9.18 Å². The van der Waals surface area contributed by atoms with Gasteiger partial charge in [-0.3, -0.25) is 0 Å². The van der Waals surface area contributed by atoms with Gasteiger partial charge in [0.1, 0.15) is 16.3 Å². The van der Waals surface area contributed by atoms with Crippen molar-refractivity contribution in [3.63, 3.8) is 0 Å². The molecule has 1 aromatic heterocycles. The van der Waals surface area contributed by atoms with E-state index in [4.69, 9.17) is 22.1 Å². The number of esters is 1. The van der Waals surface area contributed by atoms with Crippen molar-refractivity contribution in [2.75, 3.05) is 5.73 Å². The minimum atomic E-state index is -0.597. The van der Waals surface area contributed by atoms with Crippen molar-refractivity contribution in [3.8, 4) is 10.4 Å². The summed E-state index contributed by atoms with van der Waals surface area (Å²) in [7, 11) is 0. The van der Waals surface area contributed by atoms with Crippen LogP contribution in [0.15, 0.2) is 24.3 Å². The Morgan fingerprint density at radius 1 is 1.33 bits per heavy atom. The van der Waals surface area contributed by atoms with E-state index in [-0.39, 0.29) is 5.02 Å². The Hall–Kier alpha value is -1.59. The predicted octanol–water partition coefficient (Wildman–Crippen LogP) is 4.75. The molecule has 1 heterocycles. The molecule has 1 aromatic carbocycles.